The van der Waals surface area contributed by atoms with E-state index in [9.17, 15) is 21.6 Å². The Morgan fingerprint density at radius 3 is 2.71 bits per heavy atom. The van der Waals surface area contributed by atoms with Crippen LogP contribution >= 0.6 is 0 Å². The lowest BCUT2D eigenvalue weighted by Crippen LogP contribution is -2.58. The van der Waals surface area contributed by atoms with Gasteiger partial charge in [0.05, 0.1) is 24.3 Å². The Morgan fingerprint density at radius 2 is 2.06 bits per heavy atom. The third-order valence-electron chi connectivity index (χ3n) is 6.63. The smallest absolute Gasteiger partial charge is 0.232 e. The number of ether oxygens (including phenoxy) is 2. The number of aliphatic imine (C=N–C) groups is 1. The summed E-state index contributed by atoms with van der Waals surface area (Å²) in [6, 6.07) is 3.75. The third-order valence-corrected chi connectivity index (χ3v) is 9.69. The number of rotatable bonds is 8. The van der Waals surface area contributed by atoms with E-state index in [4.69, 9.17) is 15.2 Å². The van der Waals surface area contributed by atoms with Crippen molar-refractivity contribution in [3.63, 3.8) is 0 Å². The maximum atomic E-state index is 15.0. The molecule has 2 N–H and O–H groups in total. The van der Waals surface area contributed by atoms with E-state index in [1.165, 1.54) is 38.6 Å². The molecule has 0 aliphatic carbocycles. The number of hydrogen-bond donors (Lipinski definition) is 1. The minimum Gasteiger partial charge on any atom is -0.474 e. The van der Waals surface area contributed by atoms with Crippen LogP contribution in [0.5, 0.6) is 5.88 Å². The summed E-state index contributed by atoms with van der Waals surface area (Å²) in [6.45, 7) is 0.878. The molecule has 2 aliphatic heterocycles. The fourth-order valence-electron chi connectivity index (χ4n) is 4.64. The average Bonchev–Trinajstić information content (AvgIpc) is 3.04. The van der Waals surface area contributed by atoms with Crippen molar-refractivity contribution in [2.45, 2.75) is 35.3 Å². The first-order valence-corrected chi connectivity index (χ1v) is 12.4. The van der Waals surface area contributed by atoms with E-state index in [0.29, 0.717) is 6.61 Å². The van der Waals surface area contributed by atoms with Gasteiger partial charge in [0.25, 0.3) is 0 Å². The van der Waals surface area contributed by atoms with Crippen LogP contribution < -0.4 is 10.5 Å². The van der Waals surface area contributed by atoms with Gasteiger partial charge in [-0.25, -0.2) is 31.6 Å². The molecule has 3 atom stereocenters. The molecule has 35 heavy (non-hydrogen) atoms. The molecule has 4 rings (SSSR count). The molecular formula is C23H25F3N4O4S. The number of amidine groups is 1. The quantitative estimate of drug-likeness (QED) is 0.543. The van der Waals surface area contributed by atoms with Crippen molar-refractivity contribution in [3.8, 4) is 5.88 Å². The van der Waals surface area contributed by atoms with E-state index in [1.807, 2.05) is 0 Å². The van der Waals surface area contributed by atoms with Crippen molar-refractivity contribution >= 4 is 27.6 Å². The number of fused-ring (bicyclic) bond motifs is 2. The fraction of sp³-hybridized carbons (Fsp3) is 0.435. The van der Waals surface area contributed by atoms with Crippen LogP contribution in [0.25, 0.3) is 11.9 Å². The highest BCUT2D eigenvalue weighted by Gasteiger charge is 2.65. The zero-order valence-electron chi connectivity index (χ0n) is 19.2. The molecule has 2 aromatic rings. The first-order valence-electron chi connectivity index (χ1n) is 10.9. The highest BCUT2D eigenvalue weighted by Crippen LogP contribution is 2.51. The number of alkyl halides is 1. The molecule has 1 saturated heterocycles. The molecule has 1 aromatic carbocycles. The Hall–Kier alpha value is -2.99. The molecular weight excluding hydrogens is 485 g/mol. The minimum atomic E-state index is -4.08. The molecule has 8 nitrogen and oxygen atoms in total. The second-order valence-corrected chi connectivity index (χ2v) is 11.1. The Bertz CT molecular complexity index is 1290. The number of benzene rings is 1. The summed E-state index contributed by atoms with van der Waals surface area (Å²) in [5.41, 5.74) is 4.45. The largest absolute Gasteiger partial charge is 0.474 e. The van der Waals surface area contributed by atoms with Gasteiger partial charge in [-0.1, -0.05) is 6.07 Å². The molecule has 3 heterocycles. The van der Waals surface area contributed by atoms with E-state index < -0.39 is 43.7 Å². The van der Waals surface area contributed by atoms with Crippen molar-refractivity contribution in [2.75, 3.05) is 27.0 Å². The standard InChI is InChI=1S/C23H25F3N4O4S/c1-22(19-5-6-23(13-24,21(27)30-22)35(19,31)32)15-9-14(3-4-16(15)25)10-17(26)18-11-29-20(12-28-18)34-8-7-33-2/h3-4,9-12,19H,5-8,13H2,1-2H3,(H2,27,30)/b17-10-/t19-,22+,23-/m0/s1. The van der Waals surface area contributed by atoms with Gasteiger partial charge in [0.1, 0.15) is 36.2 Å². The second-order valence-electron chi connectivity index (χ2n) is 8.66. The molecule has 188 valence electrons. The van der Waals surface area contributed by atoms with Crippen molar-refractivity contribution in [3.05, 3.63) is 53.2 Å². The average molecular weight is 511 g/mol. The van der Waals surface area contributed by atoms with Crippen molar-refractivity contribution in [1.29, 1.82) is 0 Å². The molecule has 2 aliphatic rings. The van der Waals surface area contributed by atoms with Gasteiger partial charge in [-0.15, -0.1) is 0 Å². The first kappa shape index (κ1) is 25.1. The van der Waals surface area contributed by atoms with Gasteiger partial charge in [0, 0.05) is 12.7 Å². The number of aromatic nitrogens is 2. The van der Waals surface area contributed by atoms with Gasteiger partial charge < -0.3 is 15.2 Å². The van der Waals surface area contributed by atoms with Gasteiger partial charge in [-0.3, -0.25) is 4.99 Å². The van der Waals surface area contributed by atoms with Crippen LogP contribution in [-0.4, -0.2) is 61.2 Å². The minimum absolute atomic E-state index is 0.0267. The fourth-order valence-corrected chi connectivity index (χ4v) is 7.29. The van der Waals surface area contributed by atoms with Gasteiger partial charge >= 0.3 is 0 Å². The monoisotopic (exact) mass is 510 g/mol. The summed E-state index contributed by atoms with van der Waals surface area (Å²) in [6.07, 6.45) is 3.62. The van der Waals surface area contributed by atoms with E-state index in [1.54, 1.807) is 0 Å². The van der Waals surface area contributed by atoms with E-state index in [-0.39, 0.29) is 48.0 Å². The summed E-state index contributed by atoms with van der Waals surface area (Å²) in [4.78, 5) is 12.3. The van der Waals surface area contributed by atoms with E-state index in [0.717, 1.165) is 12.1 Å². The van der Waals surface area contributed by atoms with Gasteiger partial charge in [-0.05, 0) is 43.5 Å². The highest BCUT2D eigenvalue weighted by atomic mass is 32.2. The van der Waals surface area contributed by atoms with Crippen molar-refractivity contribution in [2.24, 2.45) is 10.7 Å². The Kier molecular flexibility index (Phi) is 6.62. The normalized spacial score (nSPS) is 27.5. The Morgan fingerprint density at radius 1 is 1.29 bits per heavy atom. The van der Waals surface area contributed by atoms with Crippen LogP contribution in [0.4, 0.5) is 13.2 Å². The second kappa shape index (κ2) is 9.23. The number of methoxy groups -OCH3 is 1. The summed E-state index contributed by atoms with van der Waals surface area (Å²) >= 11 is 0. The lowest BCUT2D eigenvalue weighted by Gasteiger charge is -2.39. The van der Waals surface area contributed by atoms with Crippen LogP contribution in [0.3, 0.4) is 0 Å². The molecule has 12 heteroatoms. The molecule has 1 fully saturated rings. The lowest BCUT2D eigenvalue weighted by atomic mass is 9.86. The van der Waals surface area contributed by atoms with E-state index in [2.05, 4.69) is 15.0 Å². The molecule has 0 radical (unpaired) electrons. The molecule has 0 saturated carbocycles. The lowest BCUT2D eigenvalue weighted by molar-refractivity contribution is 0.143. The molecule has 0 spiro atoms. The molecule has 0 unspecified atom stereocenters. The van der Waals surface area contributed by atoms with Gasteiger partial charge in [-0.2, -0.15) is 0 Å². The molecule has 2 bridgehead atoms. The zero-order valence-corrected chi connectivity index (χ0v) is 20.0. The van der Waals surface area contributed by atoms with Gasteiger partial charge in [0.15, 0.2) is 20.4 Å². The van der Waals surface area contributed by atoms with Crippen LogP contribution in [0.1, 0.15) is 36.6 Å². The summed E-state index contributed by atoms with van der Waals surface area (Å²) in [5, 5.41) is -1.16. The first-order chi connectivity index (χ1) is 16.6. The SMILES string of the molecule is COCCOc1cnc(/C(F)=C/c2ccc(F)c([C@@]3(C)N=C(N)[C@@]4(CF)CC[C@@H]3S4(=O)=O)c2)cn1. The highest BCUT2D eigenvalue weighted by molar-refractivity contribution is 7.94. The van der Waals surface area contributed by atoms with Crippen LogP contribution in [0.15, 0.2) is 35.6 Å². The van der Waals surface area contributed by atoms with Crippen LogP contribution in [0, 0.1) is 5.82 Å². The number of halogens is 3. The predicted octanol–water partition coefficient (Wildman–Crippen LogP) is 2.98. The van der Waals surface area contributed by atoms with Crippen molar-refractivity contribution < 1.29 is 31.1 Å². The van der Waals surface area contributed by atoms with Crippen LogP contribution in [-0.2, 0) is 20.1 Å². The number of nitrogens with zero attached hydrogens (tertiary/aromatic N) is 3. The summed E-state index contributed by atoms with van der Waals surface area (Å²) in [7, 11) is -2.55. The Labute approximate surface area is 201 Å². The maximum Gasteiger partial charge on any atom is 0.232 e. The molecule has 0 amide bonds. The summed E-state index contributed by atoms with van der Waals surface area (Å²) in [5.74, 6) is -1.65. The number of hydrogen-bond acceptors (Lipinski definition) is 8. The molecule has 1 aromatic heterocycles. The number of nitrogens with two attached hydrogens (primary N) is 1. The topological polar surface area (TPSA) is 117 Å². The number of sulfone groups is 1. The predicted molar refractivity (Wildman–Crippen MR) is 124 cm³/mol. The third kappa shape index (κ3) is 4.08. The van der Waals surface area contributed by atoms with Crippen molar-refractivity contribution in [1.82, 2.24) is 9.97 Å². The van der Waals surface area contributed by atoms with Gasteiger partial charge in [0.2, 0.25) is 5.88 Å². The van der Waals surface area contributed by atoms with Crippen LogP contribution in [0.2, 0.25) is 0 Å². The summed E-state index contributed by atoms with van der Waals surface area (Å²) < 4.78 is 78.3. The van der Waals surface area contributed by atoms with E-state index >= 15 is 0 Å². The maximum absolute atomic E-state index is 15.0. The zero-order chi connectivity index (χ0) is 25.4. The Balaban J connectivity index is 1.67.